The maximum absolute atomic E-state index is 11.3. The number of carbonyl (C=O) groups excluding carboxylic acids is 1. The fourth-order valence-corrected chi connectivity index (χ4v) is 1.23. The van der Waals surface area contributed by atoms with E-state index in [2.05, 4.69) is 0 Å². The number of ether oxygens (including phenoxy) is 1. The molecular formula is C9H20ClNO2S. The topological polar surface area (TPSA) is 52.3 Å². The molecule has 0 aliphatic carbocycles. The molecule has 0 rings (SSSR count). The van der Waals surface area contributed by atoms with Crippen LogP contribution >= 0.6 is 24.2 Å². The predicted molar refractivity (Wildman–Crippen MR) is 64.1 cm³/mol. The number of esters is 1. The van der Waals surface area contributed by atoms with E-state index in [9.17, 15) is 4.79 Å². The van der Waals surface area contributed by atoms with E-state index in [1.165, 1.54) is 0 Å². The van der Waals surface area contributed by atoms with Crippen LogP contribution in [-0.4, -0.2) is 29.6 Å². The molecule has 0 amide bonds. The monoisotopic (exact) mass is 241 g/mol. The Kier molecular flexibility index (Phi) is 8.69. The molecule has 0 radical (unpaired) electrons. The van der Waals surface area contributed by atoms with Crippen molar-refractivity contribution in [3.8, 4) is 0 Å². The van der Waals surface area contributed by atoms with Crippen LogP contribution in [0.1, 0.15) is 27.2 Å². The standard InChI is InChI=1S/C9H19NO2S.ClH/c1-9(2,3)12-8(11)7(10)5-6-13-4;/h7H,5-6,10H2,1-4H3;1H/t7-;/m1./s1. The van der Waals surface area contributed by atoms with Crippen LogP contribution in [0.25, 0.3) is 0 Å². The van der Waals surface area contributed by atoms with Gasteiger partial charge < -0.3 is 10.5 Å². The third-order valence-electron chi connectivity index (χ3n) is 1.34. The molecule has 0 aliphatic rings. The molecule has 0 aromatic carbocycles. The van der Waals surface area contributed by atoms with Crippen LogP contribution in [0.2, 0.25) is 0 Å². The van der Waals surface area contributed by atoms with Crippen molar-refractivity contribution in [3.63, 3.8) is 0 Å². The van der Waals surface area contributed by atoms with Gasteiger partial charge in [-0.25, -0.2) is 0 Å². The first-order chi connectivity index (χ1) is 5.87. The first-order valence-corrected chi connectivity index (χ1v) is 5.73. The largest absolute Gasteiger partial charge is 0.459 e. The minimum absolute atomic E-state index is 0. The number of hydrogen-bond donors (Lipinski definition) is 1. The lowest BCUT2D eigenvalue weighted by Crippen LogP contribution is -2.37. The molecule has 5 heteroatoms. The second-order valence-corrected chi connectivity index (χ2v) is 4.91. The van der Waals surface area contributed by atoms with Crippen molar-refractivity contribution < 1.29 is 9.53 Å². The molecule has 0 saturated carbocycles. The van der Waals surface area contributed by atoms with Crippen LogP contribution in [-0.2, 0) is 9.53 Å². The van der Waals surface area contributed by atoms with Gasteiger partial charge in [-0.05, 0) is 39.2 Å². The maximum Gasteiger partial charge on any atom is 0.323 e. The van der Waals surface area contributed by atoms with E-state index in [0.717, 1.165) is 5.75 Å². The van der Waals surface area contributed by atoms with Crippen molar-refractivity contribution in [1.29, 1.82) is 0 Å². The fourth-order valence-electron chi connectivity index (χ4n) is 0.740. The number of nitrogens with two attached hydrogens (primary N) is 1. The Balaban J connectivity index is 0. The SMILES string of the molecule is CSCC[C@@H](N)C(=O)OC(C)(C)C.Cl. The maximum atomic E-state index is 11.3. The molecule has 0 aliphatic heterocycles. The van der Waals surface area contributed by atoms with Crippen LogP contribution in [0.15, 0.2) is 0 Å². The molecular weight excluding hydrogens is 222 g/mol. The van der Waals surface area contributed by atoms with Crippen LogP contribution in [0.5, 0.6) is 0 Å². The van der Waals surface area contributed by atoms with Gasteiger partial charge >= 0.3 is 5.97 Å². The smallest absolute Gasteiger partial charge is 0.323 e. The van der Waals surface area contributed by atoms with Gasteiger partial charge in [0.05, 0.1) is 0 Å². The van der Waals surface area contributed by atoms with Gasteiger partial charge in [-0.15, -0.1) is 12.4 Å². The van der Waals surface area contributed by atoms with Crippen LogP contribution < -0.4 is 5.73 Å². The summed E-state index contributed by atoms with van der Waals surface area (Å²) in [6, 6.07) is -0.480. The molecule has 0 saturated heterocycles. The summed E-state index contributed by atoms with van der Waals surface area (Å²) in [6.07, 6.45) is 2.66. The van der Waals surface area contributed by atoms with Gasteiger partial charge in [0, 0.05) is 0 Å². The van der Waals surface area contributed by atoms with Crippen molar-refractivity contribution >= 4 is 30.1 Å². The molecule has 1 atom stereocenters. The van der Waals surface area contributed by atoms with Crippen molar-refractivity contribution in [3.05, 3.63) is 0 Å². The highest BCUT2D eigenvalue weighted by molar-refractivity contribution is 7.98. The number of thioether (sulfide) groups is 1. The number of hydrogen-bond acceptors (Lipinski definition) is 4. The van der Waals surface area contributed by atoms with E-state index in [-0.39, 0.29) is 18.4 Å². The average Bonchev–Trinajstić information content (AvgIpc) is 1.96. The highest BCUT2D eigenvalue weighted by Crippen LogP contribution is 2.09. The average molecular weight is 242 g/mol. The van der Waals surface area contributed by atoms with Crippen LogP contribution in [0.3, 0.4) is 0 Å². The Morgan fingerprint density at radius 3 is 2.36 bits per heavy atom. The molecule has 0 bridgehead atoms. The molecule has 0 aromatic heterocycles. The lowest BCUT2D eigenvalue weighted by molar-refractivity contribution is -0.156. The van der Waals surface area contributed by atoms with Crippen molar-refractivity contribution in [2.45, 2.75) is 38.8 Å². The predicted octanol–water partition coefficient (Wildman–Crippen LogP) is 1.83. The van der Waals surface area contributed by atoms with Crippen LogP contribution in [0, 0.1) is 0 Å². The Morgan fingerprint density at radius 1 is 1.50 bits per heavy atom. The molecule has 14 heavy (non-hydrogen) atoms. The molecule has 86 valence electrons. The lowest BCUT2D eigenvalue weighted by atomic mass is 10.2. The number of halogens is 1. The minimum atomic E-state index is -0.480. The molecule has 0 aromatic rings. The lowest BCUT2D eigenvalue weighted by Gasteiger charge is -2.21. The summed E-state index contributed by atoms with van der Waals surface area (Å²) in [6.45, 7) is 5.52. The van der Waals surface area contributed by atoms with Gasteiger partial charge in [0.25, 0.3) is 0 Å². The third kappa shape index (κ3) is 8.66. The summed E-state index contributed by atoms with van der Waals surface area (Å²) in [4.78, 5) is 11.3. The van der Waals surface area contributed by atoms with Gasteiger partial charge in [-0.1, -0.05) is 0 Å². The molecule has 0 heterocycles. The van der Waals surface area contributed by atoms with Gasteiger partial charge in [0.1, 0.15) is 11.6 Å². The third-order valence-corrected chi connectivity index (χ3v) is 1.99. The highest BCUT2D eigenvalue weighted by atomic mass is 35.5. The van der Waals surface area contributed by atoms with Gasteiger partial charge in [0.2, 0.25) is 0 Å². The van der Waals surface area contributed by atoms with Gasteiger partial charge in [0.15, 0.2) is 0 Å². The van der Waals surface area contributed by atoms with E-state index in [1.54, 1.807) is 11.8 Å². The quantitative estimate of drug-likeness (QED) is 0.763. The van der Waals surface area contributed by atoms with E-state index < -0.39 is 11.6 Å². The second kappa shape index (κ2) is 7.37. The zero-order valence-electron chi connectivity index (χ0n) is 9.20. The van der Waals surface area contributed by atoms with E-state index in [0.29, 0.717) is 6.42 Å². The number of rotatable bonds is 4. The zero-order valence-corrected chi connectivity index (χ0v) is 10.8. The fraction of sp³-hybridized carbons (Fsp3) is 0.889. The second-order valence-electron chi connectivity index (χ2n) is 3.92. The van der Waals surface area contributed by atoms with Gasteiger partial charge in [-0.2, -0.15) is 11.8 Å². The van der Waals surface area contributed by atoms with Crippen molar-refractivity contribution in [2.24, 2.45) is 5.73 Å². The summed E-state index contributed by atoms with van der Waals surface area (Å²) >= 11 is 1.68. The first kappa shape index (κ1) is 16.5. The minimum Gasteiger partial charge on any atom is -0.459 e. The zero-order chi connectivity index (χ0) is 10.5. The Morgan fingerprint density at radius 2 is 2.00 bits per heavy atom. The van der Waals surface area contributed by atoms with E-state index in [4.69, 9.17) is 10.5 Å². The first-order valence-electron chi connectivity index (χ1n) is 4.34. The number of carbonyl (C=O) groups is 1. The molecule has 0 unspecified atom stereocenters. The molecule has 3 nitrogen and oxygen atoms in total. The summed E-state index contributed by atoms with van der Waals surface area (Å²) in [5, 5.41) is 0. The van der Waals surface area contributed by atoms with E-state index >= 15 is 0 Å². The normalized spacial score (nSPS) is 12.9. The molecule has 2 N–H and O–H groups in total. The Hall–Kier alpha value is 0.0700. The van der Waals surface area contributed by atoms with Gasteiger partial charge in [-0.3, -0.25) is 4.79 Å². The molecule has 0 fully saturated rings. The Labute approximate surface area is 96.5 Å². The summed E-state index contributed by atoms with van der Waals surface area (Å²) in [5.74, 6) is 0.585. The van der Waals surface area contributed by atoms with E-state index in [1.807, 2.05) is 27.0 Å². The summed E-state index contributed by atoms with van der Waals surface area (Å²) in [7, 11) is 0. The van der Waals surface area contributed by atoms with Crippen molar-refractivity contribution in [1.82, 2.24) is 0 Å². The summed E-state index contributed by atoms with van der Waals surface area (Å²) < 4.78 is 5.12. The molecule has 0 spiro atoms. The highest BCUT2D eigenvalue weighted by Gasteiger charge is 2.21. The van der Waals surface area contributed by atoms with Crippen LogP contribution in [0.4, 0.5) is 0 Å². The Bertz CT molecular complexity index is 171. The van der Waals surface area contributed by atoms with Crippen molar-refractivity contribution in [2.75, 3.05) is 12.0 Å². The summed E-state index contributed by atoms with van der Waals surface area (Å²) in [5.41, 5.74) is 5.19.